The van der Waals surface area contributed by atoms with E-state index in [1.54, 1.807) is 0 Å². The molecule has 3 rings (SSSR count). The van der Waals surface area contributed by atoms with Crippen molar-refractivity contribution in [1.82, 2.24) is 0 Å². The van der Waals surface area contributed by atoms with E-state index in [0.29, 0.717) is 10.8 Å². The lowest BCUT2D eigenvalue weighted by molar-refractivity contribution is -0.115. The third kappa shape index (κ3) is 1.13. The molecule has 0 aliphatic heterocycles. The molecule has 0 spiro atoms. The highest BCUT2D eigenvalue weighted by atomic mass is 16.1. The first kappa shape index (κ1) is 12.3. The first-order valence-electron chi connectivity index (χ1n) is 7.25. The van der Waals surface area contributed by atoms with Gasteiger partial charge in [-0.15, -0.1) is 0 Å². The number of carbonyl (C=O) groups excluding carboxylic acids is 1. The normalized spacial score (nSPS) is 45.2. The van der Waals surface area contributed by atoms with E-state index < -0.39 is 0 Å². The summed E-state index contributed by atoms with van der Waals surface area (Å²) in [5.74, 6) is 0.631. The summed E-state index contributed by atoms with van der Waals surface area (Å²) >= 11 is 0. The Bertz CT molecular complexity index is 462. The zero-order chi connectivity index (χ0) is 13.3. The Balaban J connectivity index is 2.18. The van der Waals surface area contributed by atoms with E-state index in [-0.39, 0.29) is 11.3 Å². The second-order valence-electron chi connectivity index (χ2n) is 7.72. The zero-order valence-electron chi connectivity index (χ0n) is 12.1. The van der Waals surface area contributed by atoms with E-state index >= 15 is 0 Å². The van der Waals surface area contributed by atoms with Gasteiger partial charge < -0.3 is 5.73 Å². The molecular formula is C16H25NO. The first-order chi connectivity index (χ1) is 8.25. The monoisotopic (exact) mass is 247 g/mol. The van der Waals surface area contributed by atoms with Crippen molar-refractivity contribution in [3.05, 3.63) is 11.1 Å². The maximum absolute atomic E-state index is 11.7. The fraction of sp³-hybridized carbons (Fsp3) is 0.812. The average molecular weight is 247 g/mol. The van der Waals surface area contributed by atoms with Crippen LogP contribution < -0.4 is 5.73 Å². The van der Waals surface area contributed by atoms with E-state index in [0.717, 1.165) is 24.3 Å². The van der Waals surface area contributed by atoms with Crippen molar-refractivity contribution in [2.24, 2.45) is 27.9 Å². The number of hydrogen-bond donors (Lipinski definition) is 1. The van der Waals surface area contributed by atoms with Gasteiger partial charge in [-0.1, -0.05) is 26.3 Å². The predicted octanol–water partition coefficient (Wildman–Crippen LogP) is 3.41. The lowest BCUT2D eigenvalue weighted by Gasteiger charge is -2.46. The first-order valence-corrected chi connectivity index (χ1v) is 7.25. The Morgan fingerprint density at radius 3 is 2.50 bits per heavy atom. The summed E-state index contributed by atoms with van der Waals surface area (Å²) in [4.78, 5) is 11.7. The van der Waals surface area contributed by atoms with Gasteiger partial charge >= 0.3 is 0 Å². The molecule has 100 valence electrons. The molecule has 1 amide bonds. The summed E-state index contributed by atoms with van der Waals surface area (Å²) in [6.07, 6.45) is 5.87. The van der Waals surface area contributed by atoms with Gasteiger partial charge in [-0.05, 0) is 61.2 Å². The van der Waals surface area contributed by atoms with Crippen LogP contribution in [0.4, 0.5) is 0 Å². The van der Waals surface area contributed by atoms with Crippen LogP contribution in [0, 0.1) is 22.2 Å². The topological polar surface area (TPSA) is 43.1 Å². The van der Waals surface area contributed by atoms with E-state index in [1.807, 2.05) is 0 Å². The lowest BCUT2D eigenvalue weighted by Crippen LogP contribution is -2.39. The van der Waals surface area contributed by atoms with Crippen LogP contribution in [0.5, 0.6) is 0 Å². The third-order valence-corrected chi connectivity index (χ3v) is 6.79. The highest BCUT2D eigenvalue weighted by molar-refractivity contribution is 5.93. The summed E-state index contributed by atoms with van der Waals surface area (Å²) in [6, 6.07) is 0. The van der Waals surface area contributed by atoms with Crippen LogP contribution in [0.15, 0.2) is 11.1 Å². The van der Waals surface area contributed by atoms with Crippen LogP contribution in [0.1, 0.15) is 59.8 Å². The summed E-state index contributed by atoms with van der Waals surface area (Å²) in [6.45, 7) is 9.49. The summed E-state index contributed by atoms with van der Waals surface area (Å²) < 4.78 is 0. The number of rotatable bonds is 1. The third-order valence-electron chi connectivity index (χ3n) is 6.79. The summed E-state index contributed by atoms with van der Waals surface area (Å²) in [7, 11) is 0. The maximum atomic E-state index is 11.7. The molecule has 2 saturated carbocycles. The fourth-order valence-corrected chi connectivity index (χ4v) is 6.10. The van der Waals surface area contributed by atoms with Gasteiger partial charge in [0.2, 0.25) is 5.91 Å². The molecular weight excluding hydrogens is 222 g/mol. The number of nitrogens with two attached hydrogens (primary N) is 1. The van der Waals surface area contributed by atoms with Gasteiger partial charge in [-0.3, -0.25) is 4.79 Å². The minimum absolute atomic E-state index is 0.183. The fourth-order valence-electron chi connectivity index (χ4n) is 6.10. The maximum Gasteiger partial charge on any atom is 0.244 e. The van der Waals surface area contributed by atoms with E-state index in [4.69, 9.17) is 5.73 Å². The highest BCUT2D eigenvalue weighted by Crippen LogP contribution is 2.77. The lowest BCUT2D eigenvalue weighted by atomic mass is 9.57. The SMILES string of the molecule is CC1=C(C(N)=O)CCC2(C)[C@H]3CC[C@@]12CC3(C)C. The molecule has 18 heavy (non-hydrogen) atoms. The Labute approximate surface area is 110 Å². The van der Waals surface area contributed by atoms with Gasteiger partial charge in [0, 0.05) is 5.57 Å². The smallest absolute Gasteiger partial charge is 0.244 e. The van der Waals surface area contributed by atoms with Crippen molar-refractivity contribution < 1.29 is 4.79 Å². The van der Waals surface area contributed by atoms with Gasteiger partial charge in [0.25, 0.3) is 0 Å². The standard InChI is InChI=1S/C16H25NO/c1-10-11(13(17)18)5-7-15(4)12-6-8-16(10,15)9-14(12,2)3/h12H,5-9H2,1-4H3,(H2,17,18)/t12-,15?,16+/m0/s1. The van der Waals surface area contributed by atoms with E-state index in [9.17, 15) is 4.79 Å². The van der Waals surface area contributed by atoms with Gasteiger partial charge in [0.1, 0.15) is 0 Å². The van der Waals surface area contributed by atoms with Crippen LogP contribution >= 0.6 is 0 Å². The number of allylic oxidation sites excluding steroid dienone is 1. The van der Waals surface area contributed by atoms with Crippen molar-refractivity contribution >= 4 is 5.91 Å². The van der Waals surface area contributed by atoms with Crippen LogP contribution in [-0.2, 0) is 4.79 Å². The van der Waals surface area contributed by atoms with Crippen molar-refractivity contribution in [3.8, 4) is 0 Å². The second-order valence-corrected chi connectivity index (χ2v) is 7.72. The van der Waals surface area contributed by atoms with E-state index in [1.165, 1.54) is 24.8 Å². The molecule has 2 nitrogen and oxygen atoms in total. The van der Waals surface area contributed by atoms with Crippen molar-refractivity contribution in [3.63, 3.8) is 0 Å². The van der Waals surface area contributed by atoms with Gasteiger partial charge in [0.15, 0.2) is 0 Å². The molecule has 0 aromatic carbocycles. The Morgan fingerprint density at radius 2 is 1.94 bits per heavy atom. The molecule has 0 saturated heterocycles. The molecule has 0 radical (unpaired) electrons. The summed E-state index contributed by atoms with van der Waals surface area (Å²) in [5.41, 5.74) is 8.94. The number of carbonyl (C=O) groups is 1. The van der Waals surface area contributed by atoms with Crippen LogP contribution in [-0.4, -0.2) is 5.91 Å². The highest BCUT2D eigenvalue weighted by Gasteiger charge is 2.69. The van der Waals surface area contributed by atoms with Gasteiger partial charge in [0.05, 0.1) is 0 Å². The van der Waals surface area contributed by atoms with Crippen LogP contribution in [0.3, 0.4) is 0 Å². The van der Waals surface area contributed by atoms with E-state index in [2.05, 4.69) is 27.7 Å². The molecule has 2 bridgehead atoms. The van der Waals surface area contributed by atoms with Crippen molar-refractivity contribution in [2.45, 2.75) is 59.8 Å². The molecule has 3 aliphatic carbocycles. The Morgan fingerprint density at radius 1 is 1.28 bits per heavy atom. The molecule has 3 atom stereocenters. The minimum Gasteiger partial charge on any atom is -0.366 e. The molecule has 0 heterocycles. The molecule has 2 N–H and O–H groups in total. The molecule has 1 unspecified atom stereocenters. The van der Waals surface area contributed by atoms with Crippen LogP contribution in [0.25, 0.3) is 0 Å². The van der Waals surface area contributed by atoms with Crippen molar-refractivity contribution in [1.29, 1.82) is 0 Å². The largest absolute Gasteiger partial charge is 0.366 e. The van der Waals surface area contributed by atoms with Gasteiger partial charge in [-0.25, -0.2) is 0 Å². The molecule has 0 aromatic rings. The predicted molar refractivity (Wildman–Crippen MR) is 72.8 cm³/mol. The molecule has 3 aliphatic rings. The average Bonchev–Trinajstić information content (AvgIpc) is 2.62. The second kappa shape index (κ2) is 3.20. The number of primary amides is 1. The molecule has 2 fully saturated rings. The van der Waals surface area contributed by atoms with Crippen LogP contribution in [0.2, 0.25) is 0 Å². The number of hydrogen-bond acceptors (Lipinski definition) is 1. The van der Waals surface area contributed by atoms with Crippen molar-refractivity contribution in [2.75, 3.05) is 0 Å². The zero-order valence-corrected chi connectivity index (χ0v) is 12.1. The van der Waals surface area contributed by atoms with Gasteiger partial charge in [-0.2, -0.15) is 0 Å². The quantitative estimate of drug-likeness (QED) is 0.758. The molecule has 2 heteroatoms. The summed E-state index contributed by atoms with van der Waals surface area (Å²) in [5, 5.41) is 0. The minimum atomic E-state index is -0.183. The number of amides is 1. The Hall–Kier alpha value is -0.790. The molecule has 0 aromatic heterocycles. The Kier molecular flexibility index (Phi) is 2.18.